The highest BCUT2D eigenvalue weighted by atomic mass is 32.1. The van der Waals surface area contributed by atoms with Crippen LogP contribution in [-0.4, -0.2) is 10.9 Å². The highest BCUT2D eigenvalue weighted by molar-refractivity contribution is 7.09. The Morgan fingerprint density at radius 1 is 1.40 bits per heavy atom. The average Bonchev–Trinajstić information content (AvgIpc) is 2.92. The van der Waals surface area contributed by atoms with Crippen molar-refractivity contribution in [2.75, 3.05) is 5.73 Å². The first-order valence-corrected chi connectivity index (χ1v) is 7.60. The van der Waals surface area contributed by atoms with Crippen LogP contribution in [0.2, 0.25) is 0 Å². The number of nitrogens with one attached hydrogen (secondary N) is 1. The number of rotatable bonds is 6. The van der Waals surface area contributed by atoms with Gasteiger partial charge in [0, 0.05) is 17.5 Å². The van der Waals surface area contributed by atoms with Gasteiger partial charge in [-0.25, -0.2) is 4.98 Å². The van der Waals surface area contributed by atoms with E-state index in [2.05, 4.69) is 17.2 Å². The van der Waals surface area contributed by atoms with E-state index >= 15 is 0 Å². The summed E-state index contributed by atoms with van der Waals surface area (Å²) in [5.41, 5.74) is 8.54. The molecule has 0 aliphatic rings. The number of nitrogen functional groups attached to an aromatic ring is 1. The van der Waals surface area contributed by atoms with Crippen molar-refractivity contribution < 1.29 is 4.79 Å². The molecule has 20 heavy (non-hydrogen) atoms. The van der Waals surface area contributed by atoms with Crippen molar-refractivity contribution >= 4 is 22.9 Å². The third kappa shape index (κ3) is 4.06. The van der Waals surface area contributed by atoms with Crippen LogP contribution in [0.1, 0.15) is 29.6 Å². The number of aromatic nitrogens is 1. The van der Waals surface area contributed by atoms with E-state index in [4.69, 9.17) is 5.73 Å². The fraction of sp³-hybridized carbons (Fsp3) is 0.333. The second kappa shape index (κ2) is 7.05. The molecule has 3 N–H and O–H groups in total. The zero-order valence-electron chi connectivity index (χ0n) is 11.6. The summed E-state index contributed by atoms with van der Waals surface area (Å²) in [6.45, 7) is 2.57. The minimum absolute atomic E-state index is 0.0271. The molecule has 0 aliphatic heterocycles. The van der Waals surface area contributed by atoms with Gasteiger partial charge >= 0.3 is 0 Å². The van der Waals surface area contributed by atoms with Crippen molar-refractivity contribution in [2.45, 2.75) is 32.7 Å². The van der Waals surface area contributed by atoms with Crippen LogP contribution < -0.4 is 11.1 Å². The molecule has 5 heteroatoms. The molecule has 1 amide bonds. The first-order chi connectivity index (χ1) is 9.69. The van der Waals surface area contributed by atoms with Crippen LogP contribution in [-0.2, 0) is 24.2 Å². The molecule has 0 atom stereocenters. The van der Waals surface area contributed by atoms with Crippen molar-refractivity contribution in [3.63, 3.8) is 0 Å². The van der Waals surface area contributed by atoms with Gasteiger partial charge in [-0.15, -0.1) is 11.3 Å². The minimum atomic E-state index is 0.0271. The van der Waals surface area contributed by atoms with Gasteiger partial charge in [-0.05, 0) is 24.5 Å². The number of nitrogens with two attached hydrogens (primary N) is 1. The fourth-order valence-corrected chi connectivity index (χ4v) is 2.62. The second-order valence-corrected chi connectivity index (χ2v) is 5.50. The fourth-order valence-electron chi connectivity index (χ4n) is 1.88. The van der Waals surface area contributed by atoms with Gasteiger partial charge < -0.3 is 11.1 Å². The van der Waals surface area contributed by atoms with Crippen LogP contribution in [0.5, 0.6) is 0 Å². The molecule has 1 heterocycles. The number of hydrogen-bond donors (Lipinski definition) is 2. The lowest BCUT2D eigenvalue weighted by molar-refractivity contribution is -0.121. The monoisotopic (exact) mass is 289 g/mol. The average molecular weight is 289 g/mol. The van der Waals surface area contributed by atoms with Crippen molar-refractivity contribution in [1.82, 2.24) is 10.3 Å². The summed E-state index contributed by atoms with van der Waals surface area (Å²) in [4.78, 5) is 16.2. The van der Waals surface area contributed by atoms with E-state index in [1.54, 1.807) is 11.3 Å². The van der Waals surface area contributed by atoms with Crippen LogP contribution >= 0.6 is 11.3 Å². The van der Waals surface area contributed by atoms with Crippen molar-refractivity contribution in [3.05, 3.63) is 45.9 Å². The maximum atomic E-state index is 11.8. The van der Waals surface area contributed by atoms with Crippen LogP contribution in [0.4, 0.5) is 5.69 Å². The normalized spacial score (nSPS) is 10.4. The minimum Gasteiger partial charge on any atom is -0.399 e. The number of hydrogen-bond acceptors (Lipinski definition) is 4. The molecule has 0 saturated heterocycles. The number of anilines is 1. The summed E-state index contributed by atoms with van der Waals surface area (Å²) >= 11 is 1.63. The Labute approximate surface area is 123 Å². The summed E-state index contributed by atoms with van der Waals surface area (Å²) in [5, 5.41) is 5.99. The number of benzene rings is 1. The molecule has 2 aromatic rings. The molecule has 0 saturated carbocycles. The smallest absolute Gasteiger partial charge is 0.220 e. The number of amides is 1. The van der Waals surface area contributed by atoms with Gasteiger partial charge in [-0.3, -0.25) is 4.79 Å². The van der Waals surface area contributed by atoms with Crippen molar-refractivity contribution in [3.8, 4) is 0 Å². The van der Waals surface area contributed by atoms with Crippen molar-refractivity contribution in [1.29, 1.82) is 0 Å². The van der Waals surface area contributed by atoms with Gasteiger partial charge in [0.2, 0.25) is 5.91 Å². The zero-order valence-corrected chi connectivity index (χ0v) is 12.4. The summed E-state index contributed by atoms with van der Waals surface area (Å²) in [5.74, 6) is 0.0271. The van der Waals surface area contributed by atoms with Crippen LogP contribution in [0, 0.1) is 0 Å². The van der Waals surface area contributed by atoms with Gasteiger partial charge in [0.25, 0.3) is 0 Å². The number of thiazole rings is 1. The predicted molar refractivity (Wildman–Crippen MR) is 82.5 cm³/mol. The number of carbonyl (C=O) groups excluding carboxylic acids is 1. The van der Waals surface area contributed by atoms with Crippen LogP contribution in [0.15, 0.2) is 29.6 Å². The first-order valence-electron chi connectivity index (χ1n) is 6.72. The number of carbonyl (C=O) groups is 1. The van der Waals surface area contributed by atoms with E-state index in [-0.39, 0.29) is 5.91 Å². The van der Waals surface area contributed by atoms with Gasteiger partial charge in [0.05, 0.1) is 17.2 Å². The molecule has 1 aromatic carbocycles. The summed E-state index contributed by atoms with van der Waals surface area (Å²) in [7, 11) is 0. The first kappa shape index (κ1) is 14.5. The van der Waals surface area contributed by atoms with E-state index in [0.717, 1.165) is 28.4 Å². The molecule has 4 nitrogen and oxygen atoms in total. The summed E-state index contributed by atoms with van der Waals surface area (Å²) in [6.07, 6.45) is 2.04. The standard InChI is InChI=1S/C15H19N3OS/c1-2-15-18-12(10-20-15)9-17-14(19)8-7-11-5-3-4-6-13(11)16/h3-6,10H,2,7-9,16H2,1H3,(H,17,19). The Kier molecular flexibility index (Phi) is 5.12. The molecule has 0 unspecified atom stereocenters. The molecule has 0 spiro atoms. The molecule has 2 rings (SSSR count). The lowest BCUT2D eigenvalue weighted by Gasteiger charge is -2.06. The molecular formula is C15H19N3OS. The SMILES string of the molecule is CCc1nc(CNC(=O)CCc2ccccc2N)cs1. The predicted octanol–water partition coefficient (Wildman–Crippen LogP) is 2.54. The molecule has 0 bridgehead atoms. The molecule has 0 aliphatic carbocycles. The Morgan fingerprint density at radius 2 is 2.20 bits per heavy atom. The number of aryl methyl sites for hydroxylation is 2. The third-order valence-corrected chi connectivity index (χ3v) is 4.09. The molecule has 0 fully saturated rings. The van der Waals surface area contributed by atoms with E-state index in [0.29, 0.717) is 19.4 Å². The maximum absolute atomic E-state index is 11.8. The highest BCUT2D eigenvalue weighted by Gasteiger charge is 2.06. The van der Waals surface area contributed by atoms with E-state index in [9.17, 15) is 4.79 Å². The molecule has 1 aromatic heterocycles. The molecular weight excluding hydrogens is 270 g/mol. The summed E-state index contributed by atoms with van der Waals surface area (Å²) < 4.78 is 0. The van der Waals surface area contributed by atoms with Gasteiger partial charge in [-0.2, -0.15) is 0 Å². The van der Waals surface area contributed by atoms with E-state index < -0.39 is 0 Å². The lowest BCUT2D eigenvalue weighted by Crippen LogP contribution is -2.23. The van der Waals surface area contributed by atoms with Gasteiger partial charge in [0.15, 0.2) is 0 Å². The number of para-hydroxylation sites is 1. The van der Waals surface area contributed by atoms with Gasteiger partial charge in [0.1, 0.15) is 0 Å². The summed E-state index contributed by atoms with van der Waals surface area (Å²) in [6, 6.07) is 7.64. The lowest BCUT2D eigenvalue weighted by atomic mass is 10.1. The Balaban J connectivity index is 1.77. The largest absolute Gasteiger partial charge is 0.399 e. The number of nitrogens with zero attached hydrogens (tertiary/aromatic N) is 1. The third-order valence-electron chi connectivity index (χ3n) is 3.04. The van der Waals surface area contributed by atoms with Crippen LogP contribution in [0.25, 0.3) is 0 Å². The van der Waals surface area contributed by atoms with E-state index in [1.807, 2.05) is 29.6 Å². The molecule has 106 valence electrons. The Bertz CT molecular complexity index is 580. The molecule has 0 radical (unpaired) electrons. The quantitative estimate of drug-likeness (QED) is 0.803. The second-order valence-electron chi connectivity index (χ2n) is 4.56. The van der Waals surface area contributed by atoms with Crippen molar-refractivity contribution in [2.24, 2.45) is 0 Å². The Morgan fingerprint density at radius 3 is 2.90 bits per heavy atom. The Hall–Kier alpha value is -1.88. The topological polar surface area (TPSA) is 68.0 Å². The zero-order chi connectivity index (χ0) is 14.4. The van der Waals surface area contributed by atoms with Gasteiger partial charge in [-0.1, -0.05) is 25.1 Å². The van der Waals surface area contributed by atoms with E-state index in [1.165, 1.54) is 0 Å². The van der Waals surface area contributed by atoms with Crippen LogP contribution in [0.3, 0.4) is 0 Å². The maximum Gasteiger partial charge on any atom is 0.220 e. The highest BCUT2D eigenvalue weighted by Crippen LogP contribution is 2.13.